The second kappa shape index (κ2) is 58.7. The zero-order valence-corrected chi connectivity index (χ0v) is 53.8. The zero-order valence-electron chi connectivity index (χ0n) is 52.9. The van der Waals surface area contributed by atoms with Crippen molar-refractivity contribution in [1.29, 1.82) is 0 Å². The maximum absolute atomic E-state index is 13.5. The molecule has 3 atom stereocenters. The van der Waals surface area contributed by atoms with Gasteiger partial charge in [-0.2, -0.15) is 0 Å². The molecule has 0 aromatic rings. The number of likely N-dealkylation sites (N-methyl/N-ethyl adjacent to an activating group) is 1. The van der Waals surface area contributed by atoms with Crippen molar-refractivity contribution in [3.05, 3.63) is 24.3 Å². The first-order valence-corrected chi connectivity index (χ1v) is 35.7. The fourth-order valence-corrected chi connectivity index (χ4v) is 11.1. The highest BCUT2D eigenvalue weighted by Crippen LogP contribution is 2.43. The van der Waals surface area contributed by atoms with Crippen molar-refractivity contribution in [3.8, 4) is 0 Å². The second-order valence-electron chi connectivity index (χ2n) is 24.7. The van der Waals surface area contributed by atoms with Crippen LogP contribution in [0.3, 0.4) is 0 Å². The summed E-state index contributed by atoms with van der Waals surface area (Å²) < 4.78 is 30.8. The monoisotopic (exact) mass is 1120 g/mol. The number of esters is 1. The van der Waals surface area contributed by atoms with Gasteiger partial charge in [0.05, 0.1) is 33.8 Å². The van der Waals surface area contributed by atoms with Gasteiger partial charge in [-0.15, -0.1) is 0 Å². The molecule has 0 heterocycles. The maximum Gasteiger partial charge on any atom is 0.472 e. The molecule has 78 heavy (non-hydrogen) atoms. The van der Waals surface area contributed by atoms with Gasteiger partial charge in [-0.3, -0.25) is 18.6 Å². The van der Waals surface area contributed by atoms with Crippen LogP contribution in [0, 0.1) is 0 Å². The Morgan fingerprint density at radius 3 is 1.10 bits per heavy atom. The summed E-state index contributed by atoms with van der Waals surface area (Å²) in [4.78, 5) is 37.8. The minimum atomic E-state index is -4.45. The Kier molecular flexibility index (Phi) is 57.5. The quantitative estimate of drug-likeness (QED) is 0.0205. The molecule has 2 N–H and O–H groups in total. The van der Waals surface area contributed by atoms with E-state index in [2.05, 4.69) is 38.2 Å². The van der Waals surface area contributed by atoms with E-state index in [-0.39, 0.29) is 25.1 Å². The molecule has 0 aliphatic heterocycles. The van der Waals surface area contributed by atoms with Gasteiger partial charge in [-0.05, 0) is 57.4 Å². The second-order valence-corrected chi connectivity index (χ2v) is 26.2. The Morgan fingerprint density at radius 2 is 0.744 bits per heavy atom. The van der Waals surface area contributed by atoms with E-state index in [1.165, 1.54) is 244 Å². The minimum absolute atomic E-state index is 0.0412. The first-order valence-electron chi connectivity index (χ1n) is 34.2. The van der Waals surface area contributed by atoms with E-state index >= 15 is 0 Å². The highest BCUT2D eigenvalue weighted by Gasteiger charge is 2.30. The van der Waals surface area contributed by atoms with E-state index in [1.54, 1.807) is 0 Å². The van der Waals surface area contributed by atoms with Gasteiger partial charge in [0.2, 0.25) is 5.91 Å². The summed E-state index contributed by atoms with van der Waals surface area (Å²) in [6, 6.07) is -0.851. The summed E-state index contributed by atoms with van der Waals surface area (Å²) in [5.41, 5.74) is 0. The Morgan fingerprint density at radius 1 is 0.436 bits per heavy atom. The number of unbranched alkanes of at least 4 members (excludes halogenated alkanes) is 45. The number of hydrogen-bond acceptors (Lipinski definition) is 6. The van der Waals surface area contributed by atoms with E-state index in [9.17, 15) is 19.0 Å². The number of hydrogen-bond donors (Lipinski definition) is 2. The van der Waals surface area contributed by atoms with E-state index in [0.29, 0.717) is 23.9 Å². The van der Waals surface area contributed by atoms with Gasteiger partial charge in [0.15, 0.2) is 0 Å². The molecule has 0 rings (SSSR count). The number of nitrogens with zero attached hydrogens (tertiary/aromatic N) is 1. The topological polar surface area (TPSA) is 111 Å². The molecule has 0 radical (unpaired) electrons. The van der Waals surface area contributed by atoms with Crippen LogP contribution in [-0.2, 0) is 27.9 Å². The van der Waals surface area contributed by atoms with Crippen molar-refractivity contribution in [1.82, 2.24) is 5.32 Å². The fourth-order valence-electron chi connectivity index (χ4n) is 10.4. The molecule has 0 aromatic carbocycles. The molecule has 0 saturated carbocycles. The molecule has 0 saturated heterocycles. The molecule has 462 valence electrons. The highest BCUT2D eigenvalue weighted by atomic mass is 31.2. The number of phosphoric acid groups is 1. The Balaban J connectivity index is 5.05. The Labute approximate surface area is 485 Å². The fraction of sp³-hybridized carbons (Fsp3) is 0.912. The minimum Gasteiger partial charge on any atom is -0.456 e. The summed E-state index contributed by atoms with van der Waals surface area (Å²) in [6.07, 6.45) is 70.5. The molecule has 1 amide bonds. The van der Waals surface area contributed by atoms with E-state index in [1.807, 2.05) is 33.3 Å². The molecule has 0 fully saturated rings. The molecule has 0 aliphatic carbocycles. The van der Waals surface area contributed by atoms with E-state index in [0.717, 1.165) is 70.6 Å². The number of amides is 1. The number of ether oxygens (including phenoxy) is 1. The highest BCUT2D eigenvalue weighted by molar-refractivity contribution is 7.47. The SMILES string of the molecule is CCCCCCCCC/C=C\CCCCCC(=O)NC(COP(=O)(O)OCC[N+](C)(C)C)C(/C=C\CCCCCCCCCCCCC)OC(=O)CCCCCCCCCCCCCCCCCCCCCCCCCCC. The smallest absolute Gasteiger partial charge is 0.456 e. The van der Waals surface area contributed by atoms with Gasteiger partial charge < -0.3 is 19.4 Å². The third-order valence-corrected chi connectivity index (χ3v) is 16.6. The lowest BCUT2D eigenvalue weighted by Gasteiger charge is -2.27. The predicted octanol–water partition coefficient (Wildman–Crippen LogP) is 21.3. The predicted molar refractivity (Wildman–Crippen MR) is 337 cm³/mol. The van der Waals surface area contributed by atoms with Gasteiger partial charge >= 0.3 is 13.8 Å². The number of allylic oxidation sites excluding steroid dienone is 3. The van der Waals surface area contributed by atoms with Crippen molar-refractivity contribution in [2.45, 2.75) is 360 Å². The third kappa shape index (κ3) is 59.1. The van der Waals surface area contributed by atoms with Crippen LogP contribution >= 0.6 is 7.82 Å². The maximum atomic E-state index is 13.5. The summed E-state index contributed by atoms with van der Waals surface area (Å²) in [5, 5.41) is 3.06. The van der Waals surface area contributed by atoms with Crippen LogP contribution in [-0.4, -0.2) is 74.3 Å². The first kappa shape index (κ1) is 76.5. The van der Waals surface area contributed by atoms with Crippen LogP contribution in [0.2, 0.25) is 0 Å². The summed E-state index contributed by atoms with van der Waals surface area (Å²) in [6.45, 7) is 7.05. The molecule has 10 heteroatoms. The van der Waals surface area contributed by atoms with Crippen molar-refractivity contribution in [2.24, 2.45) is 0 Å². The van der Waals surface area contributed by atoms with Gasteiger partial charge in [0.1, 0.15) is 19.3 Å². The van der Waals surface area contributed by atoms with E-state index < -0.39 is 20.0 Å². The van der Waals surface area contributed by atoms with Crippen LogP contribution in [0.5, 0.6) is 0 Å². The molecule has 3 unspecified atom stereocenters. The number of carbonyl (C=O) groups is 2. The van der Waals surface area contributed by atoms with Crippen LogP contribution in [0.15, 0.2) is 24.3 Å². The molecule has 0 aliphatic rings. The third-order valence-electron chi connectivity index (χ3n) is 15.6. The molecule has 0 bridgehead atoms. The lowest BCUT2D eigenvalue weighted by Crippen LogP contribution is -2.47. The number of carbonyl (C=O) groups excluding carboxylic acids is 2. The summed E-state index contributed by atoms with van der Waals surface area (Å²) >= 11 is 0. The van der Waals surface area contributed by atoms with Gasteiger partial charge in [-0.1, -0.05) is 302 Å². The molecular weight excluding hydrogens is 988 g/mol. The molecular formula is C68H134N2O7P+. The van der Waals surface area contributed by atoms with Crippen LogP contribution in [0.1, 0.15) is 348 Å². The normalized spacial score (nSPS) is 13.7. The largest absolute Gasteiger partial charge is 0.472 e. The van der Waals surface area contributed by atoms with Crippen molar-refractivity contribution >= 4 is 19.7 Å². The average molecular weight is 1120 g/mol. The Bertz CT molecular complexity index is 1380. The number of quaternary nitrogens is 1. The van der Waals surface area contributed by atoms with Crippen LogP contribution in [0.25, 0.3) is 0 Å². The van der Waals surface area contributed by atoms with Crippen molar-refractivity contribution in [3.63, 3.8) is 0 Å². The summed E-state index contributed by atoms with van der Waals surface area (Å²) in [7, 11) is 1.51. The lowest BCUT2D eigenvalue weighted by molar-refractivity contribution is -0.870. The van der Waals surface area contributed by atoms with Crippen molar-refractivity contribution < 1.29 is 37.3 Å². The standard InChI is InChI=1S/C68H133N2O7P/c1-7-10-13-16-19-22-25-28-30-31-32-33-34-35-36-37-38-39-40-43-46-49-52-55-58-61-68(72)77-66(59-56-53-50-47-44-41-27-24-21-18-15-12-9-3)65(64-76-78(73,74)75-63-62-70(4,5)6)69-67(71)60-57-54-51-48-45-42-29-26-23-20-17-14-11-8-2/h42,45,56,59,65-66H,7-41,43-44,46-55,57-58,60-64H2,1-6H3,(H-,69,71,73,74)/p+1/b45-42-,59-56-. The number of nitrogens with one attached hydrogen (secondary N) is 1. The van der Waals surface area contributed by atoms with Crippen molar-refractivity contribution in [2.75, 3.05) is 40.9 Å². The lowest BCUT2D eigenvalue weighted by atomic mass is 10.0. The Hall–Kier alpha value is -1.51. The summed E-state index contributed by atoms with van der Waals surface area (Å²) in [5.74, 6) is -0.504. The molecule has 0 aromatic heterocycles. The van der Waals surface area contributed by atoms with Gasteiger partial charge in [0.25, 0.3) is 0 Å². The average Bonchev–Trinajstić information content (AvgIpc) is 3.40. The van der Waals surface area contributed by atoms with Gasteiger partial charge in [-0.25, -0.2) is 4.57 Å². The van der Waals surface area contributed by atoms with Crippen LogP contribution < -0.4 is 5.32 Å². The number of phosphoric ester groups is 1. The zero-order chi connectivity index (χ0) is 57.2. The van der Waals surface area contributed by atoms with Gasteiger partial charge in [0, 0.05) is 12.8 Å². The molecule has 0 spiro atoms. The first-order chi connectivity index (χ1) is 37.9. The molecule has 9 nitrogen and oxygen atoms in total. The number of rotatable bonds is 63. The van der Waals surface area contributed by atoms with Crippen LogP contribution in [0.4, 0.5) is 0 Å². The van der Waals surface area contributed by atoms with E-state index in [4.69, 9.17) is 13.8 Å².